The molecule has 0 radical (unpaired) electrons. The van der Waals surface area contributed by atoms with Gasteiger partial charge in [0.05, 0.1) is 11.1 Å². The lowest BCUT2D eigenvalue weighted by Crippen LogP contribution is -2.21. The first-order valence-corrected chi connectivity index (χ1v) is 9.26. The number of ether oxygens (including phenoxy) is 1. The molecule has 4 rings (SSSR count). The van der Waals surface area contributed by atoms with Gasteiger partial charge in [0.15, 0.2) is 0 Å². The number of fused-ring (bicyclic) bond motifs is 1. The van der Waals surface area contributed by atoms with Crippen molar-refractivity contribution in [3.8, 4) is 11.5 Å². The fourth-order valence-electron chi connectivity index (χ4n) is 3.22. The molecule has 0 bridgehead atoms. The van der Waals surface area contributed by atoms with Crippen LogP contribution in [0.2, 0.25) is 0 Å². The molecule has 0 aliphatic carbocycles. The van der Waals surface area contributed by atoms with Gasteiger partial charge in [-0.3, -0.25) is 9.59 Å². The molecule has 5 heteroatoms. The van der Waals surface area contributed by atoms with Crippen LogP contribution in [0.15, 0.2) is 83.7 Å². The van der Waals surface area contributed by atoms with Crippen molar-refractivity contribution < 1.29 is 9.53 Å². The van der Waals surface area contributed by atoms with Gasteiger partial charge in [0, 0.05) is 24.2 Å². The van der Waals surface area contributed by atoms with Gasteiger partial charge in [-0.25, -0.2) is 0 Å². The van der Waals surface area contributed by atoms with Crippen molar-refractivity contribution in [2.75, 3.05) is 5.32 Å². The van der Waals surface area contributed by atoms with Gasteiger partial charge in [-0.1, -0.05) is 30.3 Å². The van der Waals surface area contributed by atoms with Gasteiger partial charge in [0.2, 0.25) is 0 Å². The van der Waals surface area contributed by atoms with Gasteiger partial charge in [-0.15, -0.1) is 0 Å². The van der Waals surface area contributed by atoms with E-state index in [1.165, 1.54) is 10.6 Å². The molecule has 0 unspecified atom stereocenters. The Bertz CT molecular complexity index is 1260. The zero-order valence-corrected chi connectivity index (χ0v) is 16.2. The lowest BCUT2D eigenvalue weighted by Gasteiger charge is -2.11. The summed E-state index contributed by atoms with van der Waals surface area (Å²) in [6.07, 6.45) is 0. The lowest BCUT2D eigenvalue weighted by atomic mass is 10.1. The number of aromatic nitrogens is 1. The smallest absolute Gasteiger partial charge is 0.256 e. The number of rotatable bonds is 4. The second-order valence-electron chi connectivity index (χ2n) is 6.87. The Morgan fingerprint density at radius 1 is 0.897 bits per heavy atom. The summed E-state index contributed by atoms with van der Waals surface area (Å²) in [5.74, 6) is 1.10. The van der Waals surface area contributed by atoms with Crippen molar-refractivity contribution in [3.05, 3.63) is 100 Å². The molecule has 1 amide bonds. The molecular weight excluding hydrogens is 364 g/mol. The summed E-state index contributed by atoms with van der Waals surface area (Å²) in [5.41, 5.74) is 2.58. The zero-order chi connectivity index (χ0) is 20.4. The number of amides is 1. The molecule has 1 N–H and O–H groups in total. The number of nitrogens with one attached hydrogen (secondary N) is 1. The van der Waals surface area contributed by atoms with Crippen LogP contribution in [0, 0.1) is 6.92 Å². The number of para-hydroxylation sites is 1. The molecule has 3 aromatic carbocycles. The maximum atomic E-state index is 12.8. The predicted molar refractivity (Wildman–Crippen MR) is 115 cm³/mol. The Balaban J connectivity index is 1.56. The number of benzene rings is 3. The molecule has 4 aromatic rings. The Labute approximate surface area is 168 Å². The minimum absolute atomic E-state index is 0.226. The molecular formula is C24H20N2O3. The van der Waals surface area contributed by atoms with Crippen LogP contribution in [0.4, 0.5) is 5.69 Å². The summed E-state index contributed by atoms with van der Waals surface area (Å²) in [7, 11) is 1.69. The van der Waals surface area contributed by atoms with Crippen LogP contribution >= 0.6 is 0 Å². The topological polar surface area (TPSA) is 60.3 Å². The normalized spacial score (nSPS) is 10.7. The van der Waals surface area contributed by atoms with Crippen LogP contribution in [0.3, 0.4) is 0 Å². The first kappa shape index (κ1) is 18.5. The van der Waals surface area contributed by atoms with Gasteiger partial charge in [-0.2, -0.15) is 0 Å². The Hall–Kier alpha value is -3.86. The summed E-state index contributed by atoms with van der Waals surface area (Å²) in [6.45, 7) is 2.01. The molecule has 0 aliphatic heterocycles. The van der Waals surface area contributed by atoms with Gasteiger partial charge >= 0.3 is 0 Å². The molecule has 0 atom stereocenters. The summed E-state index contributed by atoms with van der Waals surface area (Å²) in [4.78, 5) is 25.0. The Morgan fingerprint density at radius 2 is 1.66 bits per heavy atom. The van der Waals surface area contributed by atoms with Crippen LogP contribution in [-0.4, -0.2) is 10.5 Å². The minimum atomic E-state index is -0.328. The number of nitrogens with zero attached hydrogens (tertiary/aromatic N) is 1. The van der Waals surface area contributed by atoms with Crippen molar-refractivity contribution in [2.24, 2.45) is 7.05 Å². The summed E-state index contributed by atoms with van der Waals surface area (Å²) < 4.78 is 7.36. The number of carbonyl (C=O) groups is 1. The molecule has 0 aliphatic rings. The van der Waals surface area contributed by atoms with E-state index in [2.05, 4.69) is 5.32 Å². The molecule has 1 aromatic heterocycles. The summed E-state index contributed by atoms with van der Waals surface area (Å²) in [6, 6.07) is 23.6. The van der Waals surface area contributed by atoms with E-state index in [4.69, 9.17) is 4.74 Å². The second kappa shape index (κ2) is 7.64. The fourth-order valence-corrected chi connectivity index (χ4v) is 3.22. The highest BCUT2D eigenvalue weighted by atomic mass is 16.5. The molecule has 0 saturated carbocycles. The van der Waals surface area contributed by atoms with E-state index in [1.807, 2.05) is 55.5 Å². The van der Waals surface area contributed by atoms with Crippen molar-refractivity contribution >= 4 is 22.5 Å². The highest BCUT2D eigenvalue weighted by Gasteiger charge is 2.13. The number of anilines is 1. The molecule has 5 nitrogen and oxygen atoms in total. The summed E-state index contributed by atoms with van der Waals surface area (Å²) >= 11 is 0. The van der Waals surface area contributed by atoms with E-state index in [0.717, 1.165) is 16.7 Å². The number of pyridine rings is 1. The van der Waals surface area contributed by atoms with E-state index < -0.39 is 0 Å². The third kappa shape index (κ3) is 3.89. The standard InChI is InChI=1S/C24H20N2O3/c1-16-6-5-7-19(14-16)29-18-12-10-17(11-13-18)25-24(28)21-15-23(27)26(2)22-9-4-3-8-20(21)22/h3-15H,1-2H3,(H,25,28). The van der Waals surface area contributed by atoms with E-state index >= 15 is 0 Å². The second-order valence-corrected chi connectivity index (χ2v) is 6.87. The van der Waals surface area contributed by atoms with Crippen LogP contribution in [0.25, 0.3) is 10.9 Å². The predicted octanol–water partition coefficient (Wildman–Crippen LogP) is 4.89. The molecule has 0 fully saturated rings. The van der Waals surface area contributed by atoms with Gasteiger partial charge in [0.25, 0.3) is 11.5 Å². The van der Waals surface area contributed by atoms with Crippen molar-refractivity contribution in [2.45, 2.75) is 6.92 Å². The molecule has 29 heavy (non-hydrogen) atoms. The largest absolute Gasteiger partial charge is 0.457 e. The van der Waals surface area contributed by atoms with E-state index in [1.54, 1.807) is 31.3 Å². The molecule has 1 heterocycles. The van der Waals surface area contributed by atoms with Gasteiger partial charge in [0.1, 0.15) is 11.5 Å². The van der Waals surface area contributed by atoms with E-state index in [9.17, 15) is 9.59 Å². The first-order valence-electron chi connectivity index (χ1n) is 9.26. The number of carbonyl (C=O) groups excluding carboxylic acids is 1. The molecule has 0 saturated heterocycles. The third-order valence-electron chi connectivity index (χ3n) is 4.74. The quantitative estimate of drug-likeness (QED) is 0.545. The van der Waals surface area contributed by atoms with Crippen LogP contribution < -0.4 is 15.6 Å². The average molecular weight is 384 g/mol. The van der Waals surface area contributed by atoms with Gasteiger partial charge < -0.3 is 14.6 Å². The molecule has 144 valence electrons. The van der Waals surface area contributed by atoms with Crippen molar-refractivity contribution in [1.82, 2.24) is 4.57 Å². The monoisotopic (exact) mass is 384 g/mol. The number of aryl methyl sites for hydroxylation is 2. The van der Waals surface area contributed by atoms with Crippen LogP contribution in [0.5, 0.6) is 11.5 Å². The maximum Gasteiger partial charge on any atom is 0.256 e. The highest BCUT2D eigenvalue weighted by molar-refractivity contribution is 6.12. The van der Waals surface area contributed by atoms with Crippen LogP contribution in [0.1, 0.15) is 15.9 Å². The first-order chi connectivity index (χ1) is 14.0. The van der Waals surface area contributed by atoms with E-state index in [0.29, 0.717) is 22.5 Å². The van der Waals surface area contributed by atoms with Gasteiger partial charge in [-0.05, 0) is 55.0 Å². The van der Waals surface area contributed by atoms with E-state index in [-0.39, 0.29) is 11.5 Å². The fraction of sp³-hybridized carbons (Fsp3) is 0.0833. The Morgan fingerprint density at radius 3 is 2.41 bits per heavy atom. The third-order valence-corrected chi connectivity index (χ3v) is 4.74. The Kier molecular flexibility index (Phi) is 4.87. The number of hydrogen-bond acceptors (Lipinski definition) is 3. The average Bonchev–Trinajstić information content (AvgIpc) is 2.72. The van der Waals surface area contributed by atoms with Crippen LogP contribution in [-0.2, 0) is 7.05 Å². The van der Waals surface area contributed by atoms with Crippen molar-refractivity contribution in [3.63, 3.8) is 0 Å². The zero-order valence-electron chi connectivity index (χ0n) is 16.2. The lowest BCUT2D eigenvalue weighted by molar-refractivity contribution is 0.102. The summed E-state index contributed by atoms with van der Waals surface area (Å²) in [5, 5.41) is 3.58. The highest BCUT2D eigenvalue weighted by Crippen LogP contribution is 2.24. The number of hydrogen-bond donors (Lipinski definition) is 1. The SMILES string of the molecule is Cc1cccc(Oc2ccc(NC(=O)c3cc(=O)n(C)c4ccccc34)cc2)c1. The minimum Gasteiger partial charge on any atom is -0.457 e. The van der Waals surface area contributed by atoms with Crippen molar-refractivity contribution in [1.29, 1.82) is 0 Å². The molecule has 0 spiro atoms. The maximum absolute atomic E-state index is 12.8.